The van der Waals surface area contributed by atoms with Gasteiger partial charge in [0.25, 0.3) is 0 Å². The molecule has 6 rings (SSSR count). The van der Waals surface area contributed by atoms with Gasteiger partial charge in [-0.15, -0.1) is 11.3 Å². The van der Waals surface area contributed by atoms with Crippen molar-refractivity contribution in [2.75, 3.05) is 4.90 Å². The van der Waals surface area contributed by atoms with Crippen molar-refractivity contribution in [2.24, 2.45) is 0 Å². The van der Waals surface area contributed by atoms with Crippen LogP contribution in [0.2, 0.25) is 0 Å². The van der Waals surface area contributed by atoms with E-state index in [2.05, 4.69) is 88.4 Å². The maximum atomic E-state index is 3.66. The van der Waals surface area contributed by atoms with Crippen LogP contribution in [-0.4, -0.2) is 0 Å². The first kappa shape index (κ1) is 15.0. The highest BCUT2D eigenvalue weighted by Crippen LogP contribution is 2.58. The molecule has 1 atom stereocenters. The maximum absolute atomic E-state index is 3.66. The van der Waals surface area contributed by atoms with Crippen molar-refractivity contribution in [1.29, 1.82) is 0 Å². The first-order valence-corrected chi connectivity index (χ1v) is 10.5. The Morgan fingerprint density at radius 3 is 2.77 bits per heavy atom. The van der Waals surface area contributed by atoms with Crippen molar-refractivity contribution < 1.29 is 0 Å². The van der Waals surface area contributed by atoms with Crippen molar-refractivity contribution >= 4 is 54.4 Å². The molecule has 1 nitrogen and oxygen atoms in total. The minimum atomic E-state index is 0.436. The third-order valence-electron chi connectivity index (χ3n) is 5.72. The Kier molecular flexibility index (Phi) is 3.01. The molecule has 3 aromatic carbocycles. The first-order chi connectivity index (χ1) is 12.7. The molecule has 0 saturated carbocycles. The molecule has 1 unspecified atom stereocenters. The predicted molar refractivity (Wildman–Crippen MR) is 115 cm³/mol. The van der Waals surface area contributed by atoms with Crippen molar-refractivity contribution in [3.63, 3.8) is 0 Å². The predicted octanol–water partition coefficient (Wildman–Crippen LogP) is 7.50. The quantitative estimate of drug-likeness (QED) is 0.252. The van der Waals surface area contributed by atoms with Crippen LogP contribution in [0.5, 0.6) is 0 Å². The van der Waals surface area contributed by atoms with E-state index in [1.807, 2.05) is 11.3 Å². The second-order valence-electron chi connectivity index (χ2n) is 7.17. The molecule has 0 bridgehead atoms. The fraction of sp³-hybridized carbons (Fsp3) is 0.130. The van der Waals surface area contributed by atoms with Gasteiger partial charge >= 0.3 is 0 Å². The lowest BCUT2D eigenvalue weighted by Crippen LogP contribution is -2.25. The molecule has 0 saturated heterocycles. The van der Waals surface area contributed by atoms with Gasteiger partial charge in [-0.1, -0.05) is 59.3 Å². The molecular formula is C23H16BrNS. The van der Waals surface area contributed by atoms with Crippen LogP contribution in [0, 0.1) is 0 Å². The highest BCUT2D eigenvalue weighted by atomic mass is 79.9. The topological polar surface area (TPSA) is 3.24 Å². The lowest BCUT2D eigenvalue weighted by Gasteiger charge is -2.40. The third kappa shape index (κ3) is 1.85. The van der Waals surface area contributed by atoms with Crippen molar-refractivity contribution in [1.82, 2.24) is 0 Å². The van der Waals surface area contributed by atoms with Crippen LogP contribution in [0.1, 0.15) is 34.4 Å². The molecule has 0 N–H and O–H groups in total. The standard InChI is InChI=1S/C23H16BrNS/c1-13-17-7-4-5-14-11-15-12-16(24)9-10-19(15)25(21(14)17)22-18-6-2-3-8-20(18)26-23(13)22/h2-10,12-13H,11H2,1H3. The molecule has 0 spiro atoms. The number of halogens is 1. The Morgan fingerprint density at radius 1 is 0.962 bits per heavy atom. The summed E-state index contributed by atoms with van der Waals surface area (Å²) in [4.78, 5) is 4.01. The largest absolute Gasteiger partial charge is 0.308 e. The zero-order valence-electron chi connectivity index (χ0n) is 14.3. The Labute approximate surface area is 165 Å². The van der Waals surface area contributed by atoms with Crippen molar-refractivity contribution in [2.45, 2.75) is 19.3 Å². The van der Waals surface area contributed by atoms with Crippen LogP contribution in [-0.2, 0) is 6.42 Å². The van der Waals surface area contributed by atoms with Gasteiger partial charge < -0.3 is 4.90 Å². The van der Waals surface area contributed by atoms with Crippen LogP contribution in [0.4, 0.5) is 17.1 Å². The molecule has 2 aliphatic rings. The van der Waals surface area contributed by atoms with E-state index >= 15 is 0 Å². The monoisotopic (exact) mass is 417 g/mol. The second kappa shape index (κ2) is 5.21. The summed E-state index contributed by atoms with van der Waals surface area (Å²) in [6.07, 6.45) is 0.999. The average molecular weight is 418 g/mol. The Balaban J connectivity index is 1.76. The van der Waals surface area contributed by atoms with Gasteiger partial charge in [-0.2, -0.15) is 0 Å². The number of anilines is 3. The summed E-state index contributed by atoms with van der Waals surface area (Å²) in [6.45, 7) is 2.36. The third-order valence-corrected chi connectivity index (χ3v) is 7.55. The fourth-order valence-electron chi connectivity index (χ4n) is 4.56. The van der Waals surface area contributed by atoms with Gasteiger partial charge in [-0.25, -0.2) is 0 Å². The molecule has 1 aromatic heterocycles. The number of para-hydroxylation sites is 1. The fourth-order valence-corrected chi connectivity index (χ4v) is 6.23. The van der Waals surface area contributed by atoms with Crippen LogP contribution in [0.25, 0.3) is 10.1 Å². The summed E-state index contributed by atoms with van der Waals surface area (Å²) < 4.78 is 2.53. The van der Waals surface area contributed by atoms with Crippen molar-refractivity contribution in [3.05, 3.63) is 86.7 Å². The van der Waals surface area contributed by atoms with Gasteiger partial charge in [0, 0.05) is 37.5 Å². The van der Waals surface area contributed by atoms with Crippen LogP contribution >= 0.6 is 27.3 Å². The Bertz CT molecular complexity index is 1210. The summed E-state index contributed by atoms with van der Waals surface area (Å²) in [6, 6.07) is 22.4. The minimum absolute atomic E-state index is 0.436. The van der Waals surface area contributed by atoms with Crippen LogP contribution in [0.3, 0.4) is 0 Å². The number of nitrogens with zero attached hydrogens (tertiary/aromatic N) is 1. The van der Waals surface area contributed by atoms with Gasteiger partial charge in [0.2, 0.25) is 0 Å². The SMILES string of the molecule is CC1c2cccc3c2N(c2ccc(Br)cc2C3)c2c1sc1ccccc21. The van der Waals surface area contributed by atoms with Crippen LogP contribution < -0.4 is 4.90 Å². The van der Waals surface area contributed by atoms with E-state index in [9.17, 15) is 0 Å². The van der Waals surface area contributed by atoms with Gasteiger partial charge in [0.05, 0.1) is 11.4 Å². The molecule has 26 heavy (non-hydrogen) atoms. The number of rotatable bonds is 0. The van der Waals surface area contributed by atoms with E-state index in [1.165, 1.54) is 48.7 Å². The summed E-state index contributed by atoms with van der Waals surface area (Å²) in [5, 5.41) is 1.37. The van der Waals surface area contributed by atoms with E-state index < -0.39 is 0 Å². The summed E-state index contributed by atoms with van der Waals surface area (Å²) in [5.41, 5.74) is 8.40. The summed E-state index contributed by atoms with van der Waals surface area (Å²) >= 11 is 5.61. The van der Waals surface area contributed by atoms with Crippen LogP contribution in [0.15, 0.2) is 65.1 Å². The maximum Gasteiger partial charge on any atom is 0.0686 e. The Hall–Kier alpha value is -2.10. The number of hydrogen-bond donors (Lipinski definition) is 0. The van der Waals surface area contributed by atoms with E-state index in [-0.39, 0.29) is 0 Å². The zero-order chi connectivity index (χ0) is 17.4. The molecule has 0 aliphatic carbocycles. The average Bonchev–Trinajstić information content (AvgIpc) is 3.04. The number of hydrogen-bond acceptors (Lipinski definition) is 2. The zero-order valence-corrected chi connectivity index (χ0v) is 16.7. The highest BCUT2D eigenvalue weighted by molar-refractivity contribution is 9.10. The first-order valence-electron chi connectivity index (χ1n) is 8.94. The summed E-state index contributed by atoms with van der Waals surface area (Å²) in [7, 11) is 0. The molecule has 4 aromatic rings. The molecule has 0 fully saturated rings. The Morgan fingerprint density at radius 2 is 1.85 bits per heavy atom. The lowest BCUT2D eigenvalue weighted by atomic mass is 9.84. The minimum Gasteiger partial charge on any atom is -0.308 e. The van der Waals surface area contributed by atoms with E-state index in [1.54, 1.807) is 0 Å². The van der Waals surface area contributed by atoms with Gasteiger partial charge in [-0.3, -0.25) is 0 Å². The van der Waals surface area contributed by atoms with E-state index in [0.29, 0.717) is 5.92 Å². The molecule has 2 aliphatic heterocycles. The van der Waals surface area contributed by atoms with E-state index in [4.69, 9.17) is 0 Å². The number of fused-ring (bicyclic) bond motifs is 6. The molecule has 0 radical (unpaired) electrons. The molecule has 3 heteroatoms. The molecular weight excluding hydrogens is 402 g/mol. The molecule has 3 heterocycles. The highest BCUT2D eigenvalue weighted by Gasteiger charge is 2.36. The van der Waals surface area contributed by atoms with Gasteiger partial charge in [-0.05, 0) is 41.0 Å². The second-order valence-corrected chi connectivity index (χ2v) is 9.17. The van der Waals surface area contributed by atoms with E-state index in [0.717, 1.165) is 10.9 Å². The van der Waals surface area contributed by atoms with Gasteiger partial charge in [0.15, 0.2) is 0 Å². The normalized spacial score (nSPS) is 17.0. The molecule has 0 amide bonds. The smallest absolute Gasteiger partial charge is 0.0686 e. The lowest BCUT2D eigenvalue weighted by molar-refractivity contribution is 0.899. The molecule has 126 valence electrons. The number of thiophene rings is 1. The van der Waals surface area contributed by atoms with Crippen molar-refractivity contribution in [3.8, 4) is 0 Å². The number of benzene rings is 3. The van der Waals surface area contributed by atoms with Gasteiger partial charge in [0.1, 0.15) is 0 Å². The summed E-state index contributed by atoms with van der Waals surface area (Å²) in [5.74, 6) is 0.436.